The SMILES string of the molecule is CNC(=S)N/N=C/c1ccc(Sc2ccc(C)cc2)c([N+](=O)[O-])c1. The molecule has 0 aliphatic heterocycles. The largest absolute Gasteiger partial charge is 0.364 e. The van der Waals surface area contributed by atoms with E-state index in [4.69, 9.17) is 12.2 Å². The molecule has 0 amide bonds. The van der Waals surface area contributed by atoms with Gasteiger partial charge in [-0.05, 0) is 37.3 Å². The van der Waals surface area contributed by atoms with Crippen molar-refractivity contribution < 1.29 is 4.92 Å². The second-order valence-electron chi connectivity index (χ2n) is 4.85. The summed E-state index contributed by atoms with van der Waals surface area (Å²) >= 11 is 6.25. The first-order valence-corrected chi connectivity index (χ1v) is 8.26. The third kappa shape index (κ3) is 5.04. The van der Waals surface area contributed by atoms with E-state index < -0.39 is 0 Å². The highest BCUT2D eigenvalue weighted by atomic mass is 32.2. The van der Waals surface area contributed by atoms with Gasteiger partial charge in [-0.1, -0.05) is 35.5 Å². The maximum absolute atomic E-state index is 11.3. The van der Waals surface area contributed by atoms with Crippen LogP contribution in [0, 0.1) is 17.0 Å². The minimum atomic E-state index is -0.389. The molecule has 2 aromatic carbocycles. The first kappa shape index (κ1) is 17.9. The summed E-state index contributed by atoms with van der Waals surface area (Å²) < 4.78 is 0. The van der Waals surface area contributed by atoms with Crippen LogP contribution in [0.2, 0.25) is 0 Å². The van der Waals surface area contributed by atoms with Gasteiger partial charge < -0.3 is 5.32 Å². The zero-order valence-electron chi connectivity index (χ0n) is 13.1. The van der Waals surface area contributed by atoms with Gasteiger partial charge >= 0.3 is 0 Å². The number of thiocarbonyl (C=S) groups is 1. The Morgan fingerprint density at radius 3 is 2.62 bits per heavy atom. The minimum Gasteiger partial charge on any atom is -0.364 e. The Morgan fingerprint density at radius 1 is 1.29 bits per heavy atom. The number of rotatable bonds is 5. The van der Waals surface area contributed by atoms with Crippen LogP contribution in [0.25, 0.3) is 0 Å². The van der Waals surface area contributed by atoms with Crippen LogP contribution >= 0.6 is 24.0 Å². The summed E-state index contributed by atoms with van der Waals surface area (Å²) in [5.41, 5.74) is 4.40. The van der Waals surface area contributed by atoms with E-state index in [1.807, 2.05) is 31.2 Å². The fourth-order valence-electron chi connectivity index (χ4n) is 1.80. The van der Waals surface area contributed by atoms with E-state index >= 15 is 0 Å². The van der Waals surface area contributed by atoms with Crippen molar-refractivity contribution in [3.63, 3.8) is 0 Å². The number of benzene rings is 2. The molecule has 0 heterocycles. The average molecular weight is 360 g/mol. The van der Waals surface area contributed by atoms with Crippen molar-refractivity contribution in [1.29, 1.82) is 0 Å². The van der Waals surface area contributed by atoms with Crippen LogP contribution in [0.4, 0.5) is 5.69 Å². The molecule has 0 aromatic heterocycles. The molecule has 0 spiro atoms. The van der Waals surface area contributed by atoms with E-state index in [2.05, 4.69) is 15.8 Å². The number of nitro groups is 1. The van der Waals surface area contributed by atoms with Crippen molar-refractivity contribution >= 4 is 41.0 Å². The zero-order chi connectivity index (χ0) is 17.5. The van der Waals surface area contributed by atoms with Gasteiger partial charge in [-0.2, -0.15) is 5.10 Å². The van der Waals surface area contributed by atoms with Gasteiger partial charge in [-0.3, -0.25) is 15.5 Å². The van der Waals surface area contributed by atoms with Gasteiger partial charge in [-0.25, -0.2) is 0 Å². The fraction of sp³-hybridized carbons (Fsp3) is 0.125. The number of nitrogens with one attached hydrogen (secondary N) is 2. The third-order valence-electron chi connectivity index (χ3n) is 3.04. The molecule has 2 aromatic rings. The number of hydrogen-bond donors (Lipinski definition) is 2. The molecule has 0 radical (unpaired) electrons. The summed E-state index contributed by atoms with van der Waals surface area (Å²) in [6.45, 7) is 2.00. The van der Waals surface area contributed by atoms with Gasteiger partial charge in [0.25, 0.3) is 5.69 Å². The highest BCUT2D eigenvalue weighted by Crippen LogP contribution is 2.35. The molecule has 0 unspecified atom stereocenters. The Balaban J connectivity index is 2.21. The molecule has 2 N–H and O–H groups in total. The maximum atomic E-state index is 11.3. The molecule has 124 valence electrons. The Labute approximate surface area is 149 Å². The molecule has 0 aliphatic carbocycles. The van der Waals surface area contributed by atoms with Gasteiger partial charge in [0, 0.05) is 23.6 Å². The van der Waals surface area contributed by atoms with E-state index in [1.54, 1.807) is 19.2 Å². The molecule has 0 aliphatic rings. The molecular weight excluding hydrogens is 344 g/mol. The number of nitro benzene ring substituents is 1. The van der Waals surface area contributed by atoms with E-state index in [-0.39, 0.29) is 10.6 Å². The third-order valence-corrected chi connectivity index (χ3v) is 4.40. The van der Waals surface area contributed by atoms with Gasteiger partial charge in [0.05, 0.1) is 16.0 Å². The summed E-state index contributed by atoms with van der Waals surface area (Å²) in [6.07, 6.45) is 1.48. The fourth-order valence-corrected chi connectivity index (χ4v) is 2.75. The summed E-state index contributed by atoms with van der Waals surface area (Å²) in [7, 11) is 1.67. The van der Waals surface area contributed by atoms with Crippen molar-refractivity contribution in [3.05, 3.63) is 63.7 Å². The summed E-state index contributed by atoms with van der Waals surface area (Å²) in [6, 6.07) is 12.8. The molecule has 8 heteroatoms. The summed E-state index contributed by atoms with van der Waals surface area (Å²) in [5, 5.41) is 18.4. The van der Waals surface area contributed by atoms with Gasteiger partial charge in [0.15, 0.2) is 5.11 Å². The van der Waals surface area contributed by atoms with E-state index in [1.165, 1.54) is 24.0 Å². The summed E-state index contributed by atoms with van der Waals surface area (Å²) in [5.74, 6) is 0. The molecule has 2 rings (SSSR count). The molecule has 0 atom stereocenters. The molecule has 6 nitrogen and oxygen atoms in total. The predicted molar refractivity (Wildman–Crippen MR) is 101 cm³/mol. The van der Waals surface area contributed by atoms with Crippen molar-refractivity contribution in [2.45, 2.75) is 16.7 Å². The van der Waals surface area contributed by atoms with E-state index in [0.29, 0.717) is 15.6 Å². The van der Waals surface area contributed by atoms with Crippen molar-refractivity contribution in [1.82, 2.24) is 10.7 Å². The topological polar surface area (TPSA) is 79.6 Å². The molecule has 0 saturated heterocycles. The lowest BCUT2D eigenvalue weighted by atomic mass is 10.2. The van der Waals surface area contributed by atoms with Crippen molar-refractivity contribution in [2.75, 3.05) is 7.05 Å². The normalized spacial score (nSPS) is 10.6. The second kappa shape index (κ2) is 8.42. The van der Waals surface area contributed by atoms with Crippen LogP contribution in [-0.2, 0) is 0 Å². The van der Waals surface area contributed by atoms with Gasteiger partial charge in [0.1, 0.15) is 0 Å². The maximum Gasteiger partial charge on any atom is 0.283 e. The lowest BCUT2D eigenvalue weighted by molar-refractivity contribution is -0.387. The first-order chi connectivity index (χ1) is 11.5. The highest BCUT2D eigenvalue weighted by molar-refractivity contribution is 7.99. The van der Waals surface area contributed by atoms with Crippen LogP contribution in [0.15, 0.2) is 57.4 Å². The number of hydrazone groups is 1. The Morgan fingerprint density at radius 2 is 2.00 bits per heavy atom. The predicted octanol–water partition coefficient (Wildman–Crippen LogP) is 3.48. The lowest BCUT2D eigenvalue weighted by Crippen LogP contribution is -2.28. The minimum absolute atomic E-state index is 0.0423. The van der Waals surface area contributed by atoms with Crippen molar-refractivity contribution in [3.8, 4) is 0 Å². The number of aryl methyl sites for hydroxylation is 1. The van der Waals surface area contributed by atoms with Crippen LogP contribution in [0.1, 0.15) is 11.1 Å². The van der Waals surface area contributed by atoms with E-state index in [0.717, 1.165) is 10.5 Å². The molecule has 0 bridgehead atoms. The monoisotopic (exact) mass is 360 g/mol. The highest BCUT2D eigenvalue weighted by Gasteiger charge is 2.15. The van der Waals surface area contributed by atoms with E-state index in [9.17, 15) is 10.1 Å². The van der Waals surface area contributed by atoms with Crippen molar-refractivity contribution in [2.24, 2.45) is 5.10 Å². The summed E-state index contributed by atoms with van der Waals surface area (Å²) in [4.78, 5) is 12.5. The number of nitrogens with zero attached hydrogens (tertiary/aromatic N) is 2. The Kier molecular flexibility index (Phi) is 6.28. The average Bonchev–Trinajstić information content (AvgIpc) is 2.57. The zero-order valence-corrected chi connectivity index (χ0v) is 14.8. The van der Waals surface area contributed by atoms with Gasteiger partial charge in [0.2, 0.25) is 0 Å². The van der Waals surface area contributed by atoms with Crippen LogP contribution in [-0.4, -0.2) is 23.3 Å². The number of hydrogen-bond acceptors (Lipinski definition) is 5. The quantitative estimate of drug-likeness (QED) is 0.368. The Bertz CT molecular complexity index is 776. The molecule has 24 heavy (non-hydrogen) atoms. The lowest BCUT2D eigenvalue weighted by Gasteiger charge is -2.05. The Hall–Kier alpha value is -2.45. The second-order valence-corrected chi connectivity index (χ2v) is 6.37. The first-order valence-electron chi connectivity index (χ1n) is 7.03. The smallest absolute Gasteiger partial charge is 0.283 e. The standard InChI is InChI=1S/C16H16N4O2S2/c1-11-3-6-13(7-4-11)24-15-8-5-12(9-14(15)20(21)22)10-18-19-16(23)17-2/h3-10H,1-2H3,(H2,17,19,23)/b18-10+. The van der Waals surface area contributed by atoms with Gasteiger partial charge in [-0.15, -0.1) is 0 Å². The molecular formula is C16H16N4O2S2. The van der Waals surface area contributed by atoms with Crippen LogP contribution < -0.4 is 10.7 Å². The molecule has 0 saturated carbocycles. The van der Waals surface area contributed by atoms with Crippen LogP contribution in [0.3, 0.4) is 0 Å². The molecule has 0 fully saturated rings. The van der Waals surface area contributed by atoms with Crippen LogP contribution in [0.5, 0.6) is 0 Å².